The Hall–Kier alpha value is -2.48. The smallest absolute Gasteiger partial charge is 0.346 e. The first-order valence-electron chi connectivity index (χ1n) is 5.77. The van der Waals surface area contributed by atoms with Gasteiger partial charge in [-0.3, -0.25) is 0 Å². The van der Waals surface area contributed by atoms with Crippen molar-refractivity contribution in [1.82, 2.24) is 15.1 Å². The third-order valence-corrected chi connectivity index (χ3v) is 4.04. The van der Waals surface area contributed by atoms with E-state index in [9.17, 15) is 4.79 Å². The van der Waals surface area contributed by atoms with Gasteiger partial charge in [0.1, 0.15) is 33.8 Å². The molecule has 0 spiro atoms. The van der Waals surface area contributed by atoms with Gasteiger partial charge < -0.3 is 14.9 Å². The van der Waals surface area contributed by atoms with Crippen LogP contribution in [0.4, 0.5) is 5.82 Å². The highest BCUT2D eigenvalue weighted by Crippen LogP contribution is 2.33. The number of nitrogens with zero attached hydrogens (tertiary/aromatic N) is 3. The number of fused-ring (bicyclic) bond motifs is 1. The van der Waals surface area contributed by atoms with E-state index < -0.39 is 5.97 Å². The highest BCUT2D eigenvalue weighted by Gasteiger charge is 2.18. The summed E-state index contributed by atoms with van der Waals surface area (Å²) in [4.78, 5) is 20.4. The zero-order chi connectivity index (χ0) is 14.1. The van der Waals surface area contributed by atoms with Gasteiger partial charge in [0.25, 0.3) is 0 Å². The van der Waals surface area contributed by atoms with Gasteiger partial charge in [0.05, 0.1) is 11.9 Å². The summed E-state index contributed by atoms with van der Waals surface area (Å²) < 4.78 is 4.75. The van der Waals surface area contributed by atoms with Crippen molar-refractivity contribution in [2.75, 3.05) is 5.32 Å². The summed E-state index contributed by atoms with van der Waals surface area (Å²) in [5.74, 6) is -0.354. The number of carboxylic acids is 1. The Labute approximate surface area is 117 Å². The molecule has 0 aliphatic rings. The van der Waals surface area contributed by atoms with Crippen LogP contribution in [0.25, 0.3) is 10.2 Å². The molecule has 0 atom stereocenters. The molecule has 0 bridgehead atoms. The Morgan fingerprint density at radius 3 is 3.05 bits per heavy atom. The topological polar surface area (TPSA) is 101 Å². The average Bonchev–Trinajstić information content (AvgIpc) is 3.05. The van der Waals surface area contributed by atoms with Crippen LogP contribution in [0.2, 0.25) is 0 Å². The lowest BCUT2D eigenvalue weighted by Crippen LogP contribution is -2.03. The molecule has 0 aromatic carbocycles. The zero-order valence-electron chi connectivity index (χ0n) is 10.5. The lowest BCUT2D eigenvalue weighted by atomic mass is 10.2. The molecule has 0 saturated heterocycles. The number of carboxylic acid groups (broad SMARTS) is 1. The van der Waals surface area contributed by atoms with Crippen molar-refractivity contribution in [3.63, 3.8) is 0 Å². The predicted molar refractivity (Wildman–Crippen MR) is 72.9 cm³/mol. The highest BCUT2D eigenvalue weighted by molar-refractivity contribution is 7.20. The number of aromatic carboxylic acids is 1. The van der Waals surface area contributed by atoms with E-state index in [0.29, 0.717) is 22.8 Å². The molecule has 3 rings (SSSR count). The molecular formula is C12H10N4O3S. The van der Waals surface area contributed by atoms with Crippen molar-refractivity contribution in [3.8, 4) is 0 Å². The minimum absolute atomic E-state index is 0.282. The summed E-state index contributed by atoms with van der Waals surface area (Å²) in [6, 6.07) is 1.74. The van der Waals surface area contributed by atoms with Crippen LogP contribution in [-0.2, 0) is 6.54 Å². The molecule has 102 valence electrons. The first-order valence-corrected chi connectivity index (χ1v) is 6.59. The second-order valence-corrected chi connectivity index (χ2v) is 5.11. The van der Waals surface area contributed by atoms with Crippen LogP contribution in [-0.4, -0.2) is 26.2 Å². The molecule has 3 aromatic rings. The van der Waals surface area contributed by atoms with E-state index in [1.54, 1.807) is 13.0 Å². The first-order chi connectivity index (χ1) is 9.66. The van der Waals surface area contributed by atoms with Crippen molar-refractivity contribution in [1.29, 1.82) is 0 Å². The van der Waals surface area contributed by atoms with E-state index in [4.69, 9.17) is 9.63 Å². The molecular weight excluding hydrogens is 280 g/mol. The Morgan fingerprint density at radius 1 is 1.50 bits per heavy atom. The Morgan fingerprint density at radius 2 is 2.35 bits per heavy atom. The SMILES string of the molecule is Cc1c(C(=O)O)sc2ncnc(NCc3ccon3)c12. The van der Waals surface area contributed by atoms with Crippen LogP contribution in [0, 0.1) is 6.92 Å². The number of aromatic nitrogens is 3. The fourth-order valence-corrected chi connectivity index (χ4v) is 2.90. The normalized spacial score (nSPS) is 10.8. The quantitative estimate of drug-likeness (QED) is 0.760. The number of carbonyl (C=O) groups is 1. The summed E-state index contributed by atoms with van der Waals surface area (Å²) in [5.41, 5.74) is 1.41. The van der Waals surface area contributed by atoms with Crippen LogP contribution in [0.1, 0.15) is 20.9 Å². The largest absolute Gasteiger partial charge is 0.477 e. The molecule has 0 radical (unpaired) electrons. The lowest BCUT2D eigenvalue weighted by molar-refractivity contribution is 0.0701. The molecule has 0 saturated carbocycles. The van der Waals surface area contributed by atoms with E-state index in [-0.39, 0.29) is 4.88 Å². The molecule has 7 nitrogen and oxygen atoms in total. The van der Waals surface area contributed by atoms with Gasteiger partial charge in [0.2, 0.25) is 0 Å². The predicted octanol–water partition coefficient (Wildman–Crippen LogP) is 2.30. The fraction of sp³-hybridized carbons (Fsp3) is 0.167. The molecule has 3 aromatic heterocycles. The van der Waals surface area contributed by atoms with Crippen molar-refractivity contribution < 1.29 is 14.4 Å². The molecule has 3 heterocycles. The number of hydrogen-bond donors (Lipinski definition) is 2. The van der Waals surface area contributed by atoms with Gasteiger partial charge in [-0.25, -0.2) is 14.8 Å². The fourth-order valence-electron chi connectivity index (χ4n) is 1.91. The third-order valence-electron chi connectivity index (χ3n) is 2.85. The van der Waals surface area contributed by atoms with Crippen molar-refractivity contribution >= 4 is 33.3 Å². The summed E-state index contributed by atoms with van der Waals surface area (Å²) in [7, 11) is 0. The van der Waals surface area contributed by atoms with Crippen molar-refractivity contribution in [2.45, 2.75) is 13.5 Å². The summed E-state index contributed by atoms with van der Waals surface area (Å²) >= 11 is 1.14. The Bertz CT molecular complexity index is 766. The maximum absolute atomic E-state index is 11.2. The molecule has 0 aliphatic heterocycles. The Balaban J connectivity index is 2.00. The van der Waals surface area contributed by atoms with E-state index in [1.807, 2.05) is 0 Å². The van der Waals surface area contributed by atoms with Crippen molar-refractivity contribution in [2.24, 2.45) is 0 Å². The van der Waals surface area contributed by atoms with E-state index in [0.717, 1.165) is 22.4 Å². The number of aryl methyl sites for hydroxylation is 1. The van der Waals surface area contributed by atoms with Gasteiger partial charge in [-0.2, -0.15) is 0 Å². The minimum atomic E-state index is -0.951. The lowest BCUT2D eigenvalue weighted by Gasteiger charge is -2.04. The second-order valence-electron chi connectivity index (χ2n) is 4.11. The number of anilines is 1. The van der Waals surface area contributed by atoms with Crippen LogP contribution < -0.4 is 5.32 Å². The van der Waals surface area contributed by atoms with Crippen molar-refractivity contribution in [3.05, 3.63) is 34.8 Å². The van der Waals surface area contributed by atoms with Gasteiger partial charge in [0.15, 0.2) is 0 Å². The monoisotopic (exact) mass is 290 g/mol. The van der Waals surface area contributed by atoms with Gasteiger partial charge in [0, 0.05) is 6.07 Å². The van der Waals surface area contributed by atoms with Gasteiger partial charge in [-0.05, 0) is 12.5 Å². The molecule has 0 unspecified atom stereocenters. The van der Waals surface area contributed by atoms with E-state index in [2.05, 4.69) is 20.4 Å². The summed E-state index contributed by atoms with van der Waals surface area (Å²) in [6.07, 6.45) is 2.90. The van der Waals surface area contributed by atoms with Crippen LogP contribution >= 0.6 is 11.3 Å². The molecule has 0 amide bonds. The average molecular weight is 290 g/mol. The number of nitrogens with one attached hydrogen (secondary N) is 1. The third kappa shape index (κ3) is 2.10. The standard InChI is InChI=1S/C12H10N4O3S/c1-6-8-10(13-4-7-2-3-19-16-7)14-5-15-11(8)20-9(6)12(17)18/h2-3,5H,4H2,1H3,(H,17,18)(H,13,14,15). The molecule has 2 N–H and O–H groups in total. The number of thiophene rings is 1. The van der Waals surface area contributed by atoms with Gasteiger partial charge >= 0.3 is 5.97 Å². The maximum Gasteiger partial charge on any atom is 0.346 e. The summed E-state index contributed by atoms with van der Waals surface area (Å²) in [6.45, 7) is 2.20. The number of hydrogen-bond acceptors (Lipinski definition) is 7. The van der Waals surface area contributed by atoms with Crippen LogP contribution in [0.15, 0.2) is 23.2 Å². The van der Waals surface area contributed by atoms with Gasteiger partial charge in [-0.15, -0.1) is 11.3 Å². The molecule has 8 heteroatoms. The number of rotatable bonds is 4. The molecule has 0 aliphatic carbocycles. The van der Waals surface area contributed by atoms with Gasteiger partial charge in [-0.1, -0.05) is 5.16 Å². The minimum Gasteiger partial charge on any atom is -0.477 e. The summed E-state index contributed by atoms with van der Waals surface area (Å²) in [5, 5.41) is 16.8. The van der Waals surface area contributed by atoms with Crippen LogP contribution in [0.3, 0.4) is 0 Å². The zero-order valence-corrected chi connectivity index (χ0v) is 11.3. The highest BCUT2D eigenvalue weighted by atomic mass is 32.1. The molecule has 0 fully saturated rings. The van der Waals surface area contributed by atoms with E-state index >= 15 is 0 Å². The van der Waals surface area contributed by atoms with Crippen LogP contribution in [0.5, 0.6) is 0 Å². The van der Waals surface area contributed by atoms with E-state index in [1.165, 1.54) is 12.6 Å². The molecule has 20 heavy (non-hydrogen) atoms. The second kappa shape index (κ2) is 4.89. The maximum atomic E-state index is 11.2. The Kier molecular flexibility index (Phi) is 3.07. The first kappa shape index (κ1) is 12.5.